The van der Waals surface area contributed by atoms with Crippen LogP contribution in [-0.4, -0.2) is 17.0 Å². The molecule has 3 atom stereocenters. The van der Waals surface area contributed by atoms with Gasteiger partial charge in [-0.3, -0.25) is 4.79 Å². The number of benzene rings is 1. The molecular formula is C21H23FO2. The lowest BCUT2D eigenvalue weighted by molar-refractivity contribution is -0.113. The van der Waals surface area contributed by atoms with Crippen LogP contribution >= 0.6 is 0 Å². The molecule has 1 aromatic rings. The van der Waals surface area contributed by atoms with Gasteiger partial charge >= 0.3 is 0 Å². The number of carbonyl (C=O) groups excluding carboxylic acids is 1. The molecule has 126 valence electrons. The maximum atomic E-state index is 13.5. The zero-order valence-corrected chi connectivity index (χ0v) is 14.0. The van der Waals surface area contributed by atoms with Gasteiger partial charge in [-0.1, -0.05) is 30.7 Å². The lowest BCUT2D eigenvalue weighted by Crippen LogP contribution is -2.48. The van der Waals surface area contributed by atoms with Crippen molar-refractivity contribution in [3.05, 3.63) is 65.5 Å². The molecule has 1 N–H and O–H groups in total. The number of fused-ring (bicyclic) bond motifs is 1. The van der Waals surface area contributed by atoms with E-state index in [0.717, 1.165) is 24.8 Å². The molecule has 0 spiro atoms. The summed E-state index contributed by atoms with van der Waals surface area (Å²) in [5.41, 5.74) is 1.87. The van der Waals surface area contributed by atoms with Crippen LogP contribution in [0, 0.1) is 17.2 Å². The second kappa shape index (κ2) is 6.48. The van der Waals surface area contributed by atoms with E-state index in [-0.39, 0.29) is 17.5 Å². The quantitative estimate of drug-likeness (QED) is 0.658. The van der Waals surface area contributed by atoms with Gasteiger partial charge in [0.05, 0.1) is 6.10 Å². The molecule has 0 unspecified atom stereocenters. The van der Waals surface area contributed by atoms with E-state index in [1.54, 1.807) is 24.3 Å². The van der Waals surface area contributed by atoms with Crippen molar-refractivity contribution < 1.29 is 14.3 Å². The van der Waals surface area contributed by atoms with Crippen LogP contribution in [0.3, 0.4) is 0 Å². The first kappa shape index (κ1) is 16.8. The minimum absolute atomic E-state index is 0.0319. The third-order valence-corrected chi connectivity index (χ3v) is 5.60. The Morgan fingerprint density at radius 3 is 2.96 bits per heavy atom. The molecule has 0 heterocycles. The van der Waals surface area contributed by atoms with Crippen molar-refractivity contribution in [3.63, 3.8) is 0 Å². The number of carbonyl (C=O) groups is 1. The van der Waals surface area contributed by atoms with Gasteiger partial charge in [0.2, 0.25) is 0 Å². The first-order valence-electron chi connectivity index (χ1n) is 8.50. The van der Waals surface area contributed by atoms with Crippen molar-refractivity contribution in [1.82, 2.24) is 0 Å². The van der Waals surface area contributed by atoms with Crippen LogP contribution in [0.15, 0.2) is 54.1 Å². The van der Waals surface area contributed by atoms with Crippen LogP contribution in [0.25, 0.3) is 6.08 Å². The minimum Gasteiger partial charge on any atom is -0.392 e. The van der Waals surface area contributed by atoms with Gasteiger partial charge in [-0.05, 0) is 61.4 Å². The van der Waals surface area contributed by atoms with Crippen LogP contribution in [0.1, 0.15) is 38.2 Å². The highest BCUT2D eigenvalue weighted by Gasteiger charge is 2.50. The smallest absolute Gasteiger partial charge is 0.182 e. The summed E-state index contributed by atoms with van der Waals surface area (Å²) >= 11 is 0. The Hall–Kier alpha value is -2.00. The Morgan fingerprint density at radius 1 is 1.46 bits per heavy atom. The lowest BCUT2D eigenvalue weighted by atomic mass is 9.55. The number of allylic oxidation sites excluding steroid dienone is 3. The molecule has 2 aliphatic rings. The van der Waals surface area contributed by atoms with Crippen molar-refractivity contribution in [2.75, 3.05) is 0 Å². The number of aliphatic hydroxyl groups excluding tert-OH is 1. The van der Waals surface area contributed by atoms with E-state index < -0.39 is 11.5 Å². The van der Waals surface area contributed by atoms with Crippen molar-refractivity contribution in [2.45, 2.75) is 38.7 Å². The predicted octanol–water partition coefficient (Wildman–Crippen LogP) is 4.46. The highest BCUT2D eigenvalue weighted by molar-refractivity contribution is 6.09. The first-order chi connectivity index (χ1) is 11.5. The summed E-state index contributed by atoms with van der Waals surface area (Å²) in [5.74, 6) is -0.493. The Morgan fingerprint density at radius 2 is 2.25 bits per heavy atom. The summed E-state index contributed by atoms with van der Waals surface area (Å²) in [6, 6.07) is 6.22. The van der Waals surface area contributed by atoms with E-state index in [2.05, 4.69) is 6.58 Å². The summed E-state index contributed by atoms with van der Waals surface area (Å²) in [4.78, 5) is 12.7. The second-order valence-corrected chi connectivity index (χ2v) is 6.85. The van der Waals surface area contributed by atoms with Gasteiger partial charge in [0.1, 0.15) is 5.82 Å². The number of hydrogen-bond donors (Lipinski definition) is 1. The maximum Gasteiger partial charge on any atom is 0.182 e. The third kappa shape index (κ3) is 2.67. The molecular weight excluding hydrogens is 303 g/mol. The SMILES string of the molecule is C=CC[C@@]12C(=CC(=O)/C(=C/c3cccc(F)c3)[C@@H]1C)CCC[C@@H]2O. The van der Waals surface area contributed by atoms with E-state index in [0.29, 0.717) is 17.6 Å². The molecule has 2 aliphatic carbocycles. The molecule has 0 aromatic heterocycles. The fraction of sp³-hybridized carbons (Fsp3) is 0.381. The topological polar surface area (TPSA) is 37.3 Å². The standard InChI is InChI=1S/C21H23FO2/c1-3-10-21-14(2)18(12-15-6-4-8-17(22)11-15)19(23)13-16(21)7-5-9-20(21)24/h3-4,6,8,11-14,20,24H,1,5,7,9-10H2,2H3/b18-12+/t14-,20-,21-/m0/s1. The molecule has 1 fully saturated rings. The Kier molecular flexibility index (Phi) is 4.55. The van der Waals surface area contributed by atoms with Crippen LogP contribution in [-0.2, 0) is 4.79 Å². The van der Waals surface area contributed by atoms with Crippen LogP contribution < -0.4 is 0 Å². The largest absolute Gasteiger partial charge is 0.392 e. The highest BCUT2D eigenvalue weighted by atomic mass is 19.1. The molecule has 3 heteroatoms. The first-order valence-corrected chi connectivity index (χ1v) is 8.50. The van der Waals surface area contributed by atoms with Gasteiger partial charge in [-0.15, -0.1) is 6.58 Å². The van der Waals surface area contributed by atoms with E-state index in [4.69, 9.17) is 0 Å². The van der Waals surface area contributed by atoms with Gasteiger partial charge in [-0.25, -0.2) is 4.39 Å². The van der Waals surface area contributed by atoms with Crippen LogP contribution in [0.4, 0.5) is 4.39 Å². The van der Waals surface area contributed by atoms with E-state index in [1.807, 2.05) is 13.0 Å². The number of ketones is 1. The third-order valence-electron chi connectivity index (χ3n) is 5.60. The number of hydrogen-bond acceptors (Lipinski definition) is 2. The van der Waals surface area contributed by atoms with Crippen molar-refractivity contribution >= 4 is 11.9 Å². The Labute approximate surface area is 142 Å². The number of aliphatic hydroxyl groups is 1. The van der Waals surface area contributed by atoms with Crippen molar-refractivity contribution in [3.8, 4) is 0 Å². The summed E-state index contributed by atoms with van der Waals surface area (Å²) in [6.07, 6.45) is 7.89. The van der Waals surface area contributed by atoms with Gasteiger partial charge < -0.3 is 5.11 Å². The van der Waals surface area contributed by atoms with Crippen molar-refractivity contribution in [2.24, 2.45) is 11.3 Å². The fourth-order valence-corrected chi connectivity index (χ4v) is 4.35. The van der Waals surface area contributed by atoms with Crippen LogP contribution in [0.5, 0.6) is 0 Å². The molecule has 0 bridgehead atoms. The molecule has 0 amide bonds. The molecule has 0 saturated heterocycles. The summed E-state index contributed by atoms with van der Waals surface area (Å²) < 4.78 is 13.5. The maximum absolute atomic E-state index is 13.5. The van der Waals surface area contributed by atoms with E-state index >= 15 is 0 Å². The number of halogens is 1. The van der Waals surface area contributed by atoms with Gasteiger partial charge in [-0.2, -0.15) is 0 Å². The van der Waals surface area contributed by atoms with Gasteiger partial charge in [0.15, 0.2) is 5.78 Å². The molecule has 1 aromatic carbocycles. The fourth-order valence-electron chi connectivity index (χ4n) is 4.35. The monoisotopic (exact) mass is 326 g/mol. The molecule has 24 heavy (non-hydrogen) atoms. The average Bonchev–Trinajstić information content (AvgIpc) is 2.54. The van der Waals surface area contributed by atoms with Crippen LogP contribution in [0.2, 0.25) is 0 Å². The molecule has 3 rings (SSSR count). The Bertz CT molecular complexity index is 731. The molecule has 0 radical (unpaired) electrons. The van der Waals surface area contributed by atoms with Crippen molar-refractivity contribution in [1.29, 1.82) is 0 Å². The average molecular weight is 326 g/mol. The van der Waals surface area contributed by atoms with Gasteiger partial charge in [0, 0.05) is 11.0 Å². The molecule has 0 aliphatic heterocycles. The number of rotatable bonds is 3. The minimum atomic E-state index is -0.491. The predicted molar refractivity (Wildman–Crippen MR) is 93.7 cm³/mol. The van der Waals surface area contributed by atoms with Gasteiger partial charge in [0.25, 0.3) is 0 Å². The lowest BCUT2D eigenvalue weighted by Gasteiger charge is -2.50. The summed E-state index contributed by atoms with van der Waals surface area (Å²) in [5, 5.41) is 10.8. The highest BCUT2D eigenvalue weighted by Crippen LogP contribution is 2.54. The second-order valence-electron chi connectivity index (χ2n) is 6.85. The van der Waals surface area contributed by atoms with E-state index in [9.17, 15) is 14.3 Å². The zero-order chi connectivity index (χ0) is 17.3. The summed E-state index contributed by atoms with van der Waals surface area (Å²) in [7, 11) is 0. The Balaban J connectivity index is 2.11. The van der Waals surface area contributed by atoms with E-state index in [1.165, 1.54) is 12.1 Å². The molecule has 2 nitrogen and oxygen atoms in total. The molecule has 1 saturated carbocycles. The summed E-state index contributed by atoms with van der Waals surface area (Å²) in [6.45, 7) is 5.85. The normalized spacial score (nSPS) is 31.5. The zero-order valence-electron chi connectivity index (χ0n) is 14.0.